The van der Waals surface area contributed by atoms with E-state index in [4.69, 9.17) is 30.6 Å². The van der Waals surface area contributed by atoms with Crippen LogP contribution in [0, 0.1) is 0 Å². The highest BCUT2D eigenvalue weighted by molar-refractivity contribution is 4.63. The number of hydrogen-bond donors (Lipinski definition) is 6. The van der Waals surface area contributed by atoms with Gasteiger partial charge in [0.25, 0.3) is 0 Å². The minimum absolute atomic E-state index is 0.305. The molecule has 0 saturated heterocycles. The van der Waals surface area contributed by atoms with Gasteiger partial charge in [-0.15, -0.1) is 0 Å². The van der Waals surface area contributed by atoms with Crippen molar-refractivity contribution in [3.8, 4) is 0 Å². The van der Waals surface area contributed by atoms with Crippen LogP contribution in [-0.4, -0.2) is 68.3 Å². The van der Waals surface area contributed by atoms with Crippen molar-refractivity contribution in [2.24, 2.45) is 0 Å². The van der Waals surface area contributed by atoms with Crippen LogP contribution < -0.4 is 0 Å². The number of aliphatic hydroxyl groups is 6. The topological polar surface area (TPSA) is 121 Å². The predicted octanol–water partition coefficient (Wildman–Crippen LogP) is 2.76. The van der Waals surface area contributed by atoms with E-state index < -0.39 is 12.2 Å². The quantitative estimate of drug-likeness (QED) is 0.251. The van der Waals surface area contributed by atoms with Crippen molar-refractivity contribution in [3.63, 3.8) is 0 Å². The maximum absolute atomic E-state index is 9.07. The molecular formula is C21H48O6. The number of rotatable bonds is 14. The lowest BCUT2D eigenvalue weighted by molar-refractivity contribution is 0.0124. The molecule has 6 nitrogen and oxygen atoms in total. The number of hydrogen-bond acceptors (Lipinski definition) is 6. The van der Waals surface area contributed by atoms with Gasteiger partial charge in [-0.1, -0.05) is 53.4 Å². The Kier molecular flexibility index (Phi) is 30.0. The smallest absolute Gasteiger partial charge is 0.0798 e. The fourth-order valence-corrected chi connectivity index (χ4v) is 2.16. The van der Waals surface area contributed by atoms with E-state index in [2.05, 4.69) is 0 Å². The van der Waals surface area contributed by atoms with E-state index in [1.54, 1.807) is 0 Å². The first kappa shape index (κ1) is 31.5. The van der Waals surface area contributed by atoms with Crippen LogP contribution in [0.2, 0.25) is 0 Å². The van der Waals surface area contributed by atoms with Crippen LogP contribution >= 0.6 is 0 Å². The highest BCUT2D eigenvalue weighted by atomic mass is 16.3. The van der Waals surface area contributed by atoms with Crippen molar-refractivity contribution >= 4 is 0 Å². The highest BCUT2D eigenvalue weighted by Gasteiger charge is 2.11. The van der Waals surface area contributed by atoms with Crippen molar-refractivity contribution in [3.05, 3.63) is 0 Å². The molecule has 0 bridgehead atoms. The van der Waals surface area contributed by atoms with Gasteiger partial charge in [-0.3, -0.25) is 0 Å². The summed E-state index contributed by atoms with van der Waals surface area (Å²) in [4.78, 5) is 0. The van der Waals surface area contributed by atoms with E-state index in [-0.39, 0.29) is 12.2 Å². The summed E-state index contributed by atoms with van der Waals surface area (Å²) in [5.41, 5.74) is 0. The molecule has 0 aromatic heterocycles. The average Bonchev–Trinajstić information content (AvgIpc) is 2.68. The lowest BCUT2D eigenvalue weighted by Crippen LogP contribution is -2.24. The molecule has 0 fully saturated rings. The Labute approximate surface area is 167 Å². The maximum atomic E-state index is 9.07. The van der Waals surface area contributed by atoms with E-state index in [0.717, 1.165) is 51.4 Å². The van der Waals surface area contributed by atoms with Crippen molar-refractivity contribution in [1.29, 1.82) is 0 Å². The number of unbranched alkanes of at least 4 members (excludes halogenated alkanes) is 4. The SMILES string of the molecule is CCC(O)CC(O)CC.CCCC(O)C(O)CC.OCCCCCCCO. The van der Waals surface area contributed by atoms with Crippen LogP contribution in [0.25, 0.3) is 0 Å². The molecule has 0 heterocycles. The Bertz CT molecular complexity index is 239. The Hall–Kier alpha value is -0.240. The molecule has 0 saturated carbocycles. The first-order chi connectivity index (χ1) is 12.8. The summed E-state index contributed by atoms with van der Waals surface area (Å²) in [6.07, 6.45) is 7.73. The molecule has 0 aliphatic heterocycles. The van der Waals surface area contributed by atoms with Gasteiger partial charge in [0.1, 0.15) is 0 Å². The molecule has 6 heteroatoms. The Morgan fingerprint density at radius 2 is 0.963 bits per heavy atom. The third-order valence-electron chi connectivity index (χ3n) is 4.25. The van der Waals surface area contributed by atoms with Crippen LogP contribution in [0.15, 0.2) is 0 Å². The zero-order chi connectivity index (χ0) is 21.5. The van der Waals surface area contributed by atoms with Crippen molar-refractivity contribution in [2.45, 2.75) is 123 Å². The maximum Gasteiger partial charge on any atom is 0.0798 e. The third-order valence-corrected chi connectivity index (χ3v) is 4.25. The predicted molar refractivity (Wildman–Crippen MR) is 112 cm³/mol. The van der Waals surface area contributed by atoms with Gasteiger partial charge >= 0.3 is 0 Å². The Morgan fingerprint density at radius 1 is 0.556 bits per heavy atom. The van der Waals surface area contributed by atoms with Gasteiger partial charge in [-0.05, 0) is 44.9 Å². The van der Waals surface area contributed by atoms with Gasteiger partial charge in [0.2, 0.25) is 0 Å². The summed E-state index contributed by atoms with van der Waals surface area (Å²) < 4.78 is 0. The summed E-state index contributed by atoms with van der Waals surface area (Å²) in [5.74, 6) is 0. The summed E-state index contributed by atoms with van der Waals surface area (Å²) in [7, 11) is 0. The van der Waals surface area contributed by atoms with Gasteiger partial charge in [0.15, 0.2) is 0 Å². The molecule has 0 aromatic rings. The zero-order valence-electron chi connectivity index (χ0n) is 18.2. The molecule has 4 atom stereocenters. The van der Waals surface area contributed by atoms with Crippen molar-refractivity contribution < 1.29 is 30.6 Å². The van der Waals surface area contributed by atoms with E-state index in [0.29, 0.717) is 32.5 Å². The van der Waals surface area contributed by atoms with Crippen LogP contribution in [-0.2, 0) is 0 Å². The minimum atomic E-state index is -0.523. The highest BCUT2D eigenvalue weighted by Crippen LogP contribution is 2.04. The second-order valence-electron chi connectivity index (χ2n) is 6.91. The molecule has 0 aliphatic carbocycles. The Balaban J connectivity index is -0.000000320. The second kappa shape index (κ2) is 25.8. The van der Waals surface area contributed by atoms with Gasteiger partial charge in [-0.25, -0.2) is 0 Å². The third kappa shape index (κ3) is 28.1. The summed E-state index contributed by atoms with van der Waals surface area (Å²) in [6, 6.07) is 0. The first-order valence-electron chi connectivity index (χ1n) is 10.8. The normalized spacial score (nSPS) is 14.9. The largest absolute Gasteiger partial charge is 0.396 e. The summed E-state index contributed by atoms with van der Waals surface area (Å²) in [5, 5.41) is 52.8. The van der Waals surface area contributed by atoms with E-state index in [1.807, 2.05) is 27.7 Å². The molecule has 27 heavy (non-hydrogen) atoms. The average molecular weight is 397 g/mol. The fraction of sp³-hybridized carbons (Fsp3) is 1.00. The van der Waals surface area contributed by atoms with Crippen LogP contribution in [0.3, 0.4) is 0 Å². The van der Waals surface area contributed by atoms with Gasteiger partial charge in [-0.2, -0.15) is 0 Å². The van der Waals surface area contributed by atoms with E-state index in [9.17, 15) is 0 Å². The monoisotopic (exact) mass is 396 g/mol. The lowest BCUT2D eigenvalue weighted by atomic mass is 10.1. The van der Waals surface area contributed by atoms with Gasteiger partial charge < -0.3 is 30.6 Å². The molecule has 0 rings (SSSR count). The summed E-state index contributed by atoms with van der Waals surface area (Å²) in [6.45, 7) is 8.29. The molecule has 0 aromatic carbocycles. The molecule has 4 unspecified atom stereocenters. The first-order valence-corrected chi connectivity index (χ1v) is 10.8. The van der Waals surface area contributed by atoms with Crippen LogP contribution in [0.4, 0.5) is 0 Å². The molecular weight excluding hydrogens is 348 g/mol. The van der Waals surface area contributed by atoms with Crippen molar-refractivity contribution in [2.75, 3.05) is 13.2 Å². The molecule has 0 radical (unpaired) electrons. The second-order valence-corrected chi connectivity index (χ2v) is 6.91. The standard InChI is InChI=1S/3C7H16O2/c1-3-6(8)5-7(9)4-2;1-3-5-7(9)6(8)4-2;8-6-4-2-1-3-5-7-9/h2*6-9H,3-5H2,1-2H3;8-9H,1-7H2. The van der Waals surface area contributed by atoms with Gasteiger partial charge in [0, 0.05) is 13.2 Å². The molecule has 0 aliphatic rings. The lowest BCUT2D eigenvalue weighted by Gasteiger charge is -2.14. The molecule has 168 valence electrons. The molecule has 0 amide bonds. The van der Waals surface area contributed by atoms with Gasteiger partial charge in [0.05, 0.1) is 24.4 Å². The van der Waals surface area contributed by atoms with E-state index >= 15 is 0 Å². The van der Waals surface area contributed by atoms with Crippen LogP contribution in [0.1, 0.15) is 98.3 Å². The van der Waals surface area contributed by atoms with Crippen molar-refractivity contribution in [1.82, 2.24) is 0 Å². The Morgan fingerprint density at radius 3 is 1.26 bits per heavy atom. The molecule has 0 spiro atoms. The minimum Gasteiger partial charge on any atom is -0.396 e. The van der Waals surface area contributed by atoms with Crippen LogP contribution in [0.5, 0.6) is 0 Å². The summed E-state index contributed by atoms with van der Waals surface area (Å²) >= 11 is 0. The molecule has 6 N–H and O–H groups in total. The van der Waals surface area contributed by atoms with E-state index in [1.165, 1.54) is 0 Å². The number of aliphatic hydroxyl groups excluding tert-OH is 6. The fourth-order valence-electron chi connectivity index (χ4n) is 2.16. The zero-order valence-corrected chi connectivity index (χ0v) is 18.2.